The Morgan fingerprint density at radius 3 is 2.50 bits per heavy atom. The van der Waals surface area contributed by atoms with Crippen LogP contribution in [-0.2, 0) is 13.6 Å². The molecule has 0 spiro atoms. The first kappa shape index (κ1) is 20.1. The monoisotopic (exact) mass is 408 g/mol. The lowest BCUT2D eigenvalue weighted by molar-refractivity contribution is -0.274. The molecule has 2 N–H and O–H groups in total. The van der Waals surface area contributed by atoms with E-state index >= 15 is 0 Å². The second-order valence-electron chi connectivity index (χ2n) is 5.98. The molecule has 0 aliphatic heterocycles. The van der Waals surface area contributed by atoms with E-state index in [-0.39, 0.29) is 5.75 Å². The highest BCUT2D eigenvalue weighted by Crippen LogP contribution is 2.31. The van der Waals surface area contributed by atoms with Crippen LogP contribution in [0.25, 0.3) is 11.3 Å². The highest BCUT2D eigenvalue weighted by atomic mass is 32.2. The average molecular weight is 408 g/mol. The third-order valence-electron chi connectivity index (χ3n) is 3.83. The van der Waals surface area contributed by atoms with Gasteiger partial charge in [0.25, 0.3) is 0 Å². The fraction of sp³-hybridized carbons (Fsp3) is 0.211. The van der Waals surface area contributed by atoms with Gasteiger partial charge in [0.15, 0.2) is 0 Å². The zero-order valence-electron chi connectivity index (χ0n) is 15.2. The van der Waals surface area contributed by atoms with E-state index in [1.807, 2.05) is 43.1 Å². The first-order valence-corrected chi connectivity index (χ1v) is 9.20. The first-order chi connectivity index (χ1) is 13.3. The van der Waals surface area contributed by atoms with Crippen LogP contribution in [0.4, 0.5) is 18.9 Å². The van der Waals surface area contributed by atoms with Crippen molar-refractivity contribution in [2.75, 3.05) is 12.4 Å². The molecule has 3 rings (SSSR count). The van der Waals surface area contributed by atoms with Gasteiger partial charge in [0.05, 0.1) is 12.0 Å². The predicted molar refractivity (Wildman–Crippen MR) is 104 cm³/mol. The Labute approximate surface area is 165 Å². The Morgan fingerprint density at radius 2 is 1.89 bits per heavy atom. The van der Waals surface area contributed by atoms with E-state index in [1.54, 1.807) is 18.5 Å². The normalized spacial score (nSPS) is 11.5. The molecule has 28 heavy (non-hydrogen) atoms. The molecule has 0 unspecified atom stereocenters. The topological polar surface area (TPSA) is 51.1 Å². The summed E-state index contributed by atoms with van der Waals surface area (Å²) in [6.07, 6.45) is -1.03. The van der Waals surface area contributed by atoms with Crippen LogP contribution in [0.15, 0.2) is 59.9 Å². The second kappa shape index (κ2) is 8.57. The van der Waals surface area contributed by atoms with E-state index in [0.29, 0.717) is 6.54 Å². The minimum Gasteiger partial charge on any atom is -0.406 e. The molecule has 0 amide bonds. The molecule has 0 aliphatic carbocycles. The quantitative estimate of drug-likeness (QED) is 0.549. The molecule has 3 aromatic rings. The Bertz CT molecular complexity index is 926. The largest absolute Gasteiger partial charge is 0.573 e. The highest BCUT2D eigenvalue weighted by molar-refractivity contribution is 7.97. The number of alkyl halides is 3. The van der Waals surface area contributed by atoms with Crippen LogP contribution in [0.1, 0.15) is 5.56 Å². The summed E-state index contributed by atoms with van der Waals surface area (Å²) in [4.78, 5) is 5.46. The minimum absolute atomic E-state index is 0.237. The molecule has 2 aromatic carbocycles. The fourth-order valence-electron chi connectivity index (χ4n) is 2.63. The minimum atomic E-state index is -4.69. The van der Waals surface area contributed by atoms with Crippen LogP contribution in [0.3, 0.4) is 0 Å². The molecule has 1 aromatic heterocycles. The number of ether oxygens (including phenoxy) is 1. The van der Waals surface area contributed by atoms with Gasteiger partial charge in [-0.15, -0.1) is 13.2 Å². The van der Waals surface area contributed by atoms with Crippen molar-refractivity contribution in [1.29, 1.82) is 0 Å². The molecule has 5 nitrogen and oxygen atoms in total. The van der Waals surface area contributed by atoms with Gasteiger partial charge in [0, 0.05) is 35.9 Å². The molecular weight excluding hydrogens is 389 g/mol. The molecule has 1 heterocycles. The lowest BCUT2D eigenvalue weighted by atomic mass is 10.1. The van der Waals surface area contributed by atoms with Gasteiger partial charge in [-0.3, -0.25) is 4.72 Å². The molecule has 0 bridgehead atoms. The summed E-state index contributed by atoms with van der Waals surface area (Å²) in [6.45, 7) is 0.449. The summed E-state index contributed by atoms with van der Waals surface area (Å²) < 4.78 is 45.6. The standard InChI is InChI=1S/C19H19F3N4OS/c1-23-28-15-7-8-17(16(9-15)18-11-26(2)12-25-18)24-10-13-3-5-14(6-4-13)27-19(20,21)22/h3-9,11-12,23-24H,10H2,1-2H3. The maximum absolute atomic E-state index is 12.3. The van der Waals surface area contributed by atoms with E-state index in [4.69, 9.17) is 0 Å². The number of nitrogens with one attached hydrogen (secondary N) is 2. The van der Waals surface area contributed by atoms with Gasteiger partial charge >= 0.3 is 6.36 Å². The van der Waals surface area contributed by atoms with Gasteiger partial charge in [-0.05, 0) is 54.9 Å². The second-order valence-corrected chi connectivity index (χ2v) is 7.07. The molecule has 0 radical (unpaired) electrons. The van der Waals surface area contributed by atoms with E-state index in [1.165, 1.54) is 24.1 Å². The average Bonchev–Trinajstić information content (AvgIpc) is 3.07. The lowest BCUT2D eigenvalue weighted by Crippen LogP contribution is -2.17. The SMILES string of the molecule is CNSc1ccc(NCc2ccc(OC(F)(F)F)cc2)c(-c2cn(C)cn2)c1. The third kappa shape index (κ3) is 5.43. The smallest absolute Gasteiger partial charge is 0.406 e. The number of imidazole rings is 1. The number of halogens is 3. The summed E-state index contributed by atoms with van der Waals surface area (Å²) in [5.74, 6) is -0.237. The Hall–Kier alpha value is -2.65. The number of rotatable bonds is 7. The summed E-state index contributed by atoms with van der Waals surface area (Å²) in [5.41, 5.74) is 3.49. The molecule has 0 saturated heterocycles. The Morgan fingerprint density at radius 1 is 1.14 bits per heavy atom. The molecule has 0 aliphatic rings. The van der Waals surface area contributed by atoms with Crippen molar-refractivity contribution in [2.24, 2.45) is 7.05 Å². The number of hydrogen-bond acceptors (Lipinski definition) is 5. The van der Waals surface area contributed by atoms with Crippen LogP contribution < -0.4 is 14.8 Å². The van der Waals surface area contributed by atoms with E-state index < -0.39 is 6.36 Å². The zero-order chi connectivity index (χ0) is 20.1. The van der Waals surface area contributed by atoms with Crippen molar-refractivity contribution in [3.63, 3.8) is 0 Å². The van der Waals surface area contributed by atoms with Gasteiger partial charge in [-0.1, -0.05) is 12.1 Å². The van der Waals surface area contributed by atoms with Gasteiger partial charge in [0.2, 0.25) is 0 Å². The van der Waals surface area contributed by atoms with Crippen molar-refractivity contribution in [2.45, 2.75) is 17.8 Å². The highest BCUT2D eigenvalue weighted by Gasteiger charge is 2.30. The van der Waals surface area contributed by atoms with E-state index in [9.17, 15) is 13.2 Å². The molecule has 148 valence electrons. The predicted octanol–water partition coefficient (Wildman–Crippen LogP) is 4.82. The Balaban J connectivity index is 1.76. The van der Waals surface area contributed by atoms with Crippen molar-refractivity contribution in [1.82, 2.24) is 14.3 Å². The van der Waals surface area contributed by atoms with E-state index in [0.717, 1.165) is 27.4 Å². The van der Waals surface area contributed by atoms with Crippen molar-refractivity contribution in [3.05, 3.63) is 60.6 Å². The van der Waals surface area contributed by atoms with Gasteiger partial charge in [0.1, 0.15) is 5.75 Å². The summed E-state index contributed by atoms with van der Waals surface area (Å²) in [7, 11) is 3.75. The fourth-order valence-corrected chi connectivity index (χ4v) is 3.18. The van der Waals surface area contributed by atoms with Crippen LogP contribution in [0.2, 0.25) is 0 Å². The number of hydrogen-bond donors (Lipinski definition) is 2. The van der Waals surface area contributed by atoms with Crippen molar-refractivity contribution in [3.8, 4) is 17.0 Å². The van der Waals surface area contributed by atoms with E-state index in [2.05, 4.69) is 19.8 Å². The van der Waals surface area contributed by atoms with Crippen molar-refractivity contribution >= 4 is 17.6 Å². The first-order valence-electron chi connectivity index (χ1n) is 8.38. The van der Waals surface area contributed by atoms with Crippen LogP contribution in [-0.4, -0.2) is 23.0 Å². The number of aromatic nitrogens is 2. The summed E-state index contributed by atoms with van der Waals surface area (Å²) in [5, 5.41) is 3.33. The van der Waals surface area contributed by atoms with Gasteiger partial charge < -0.3 is 14.6 Å². The molecule has 0 fully saturated rings. The number of anilines is 1. The van der Waals surface area contributed by atoms with Crippen LogP contribution in [0, 0.1) is 0 Å². The lowest BCUT2D eigenvalue weighted by Gasteiger charge is -2.13. The zero-order valence-corrected chi connectivity index (χ0v) is 16.1. The molecular formula is C19H19F3N4OS. The van der Waals surface area contributed by atoms with Gasteiger partial charge in [-0.2, -0.15) is 0 Å². The van der Waals surface area contributed by atoms with Crippen LogP contribution in [0.5, 0.6) is 5.75 Å². The number of nitrogens with zero attached hydrogens (tertiary/aromatic N) is 2. The maximum Gasteiger partial charge on any atom is 0.573 e. The summed E-state index contributed by atoms with van der Waals surface area (Å²) in [6, 6.07) is 11.8. The summed E-state index contributed by atoms with van der Waals surface area (Å²) >= 11 is 1.50. The Kier molecular flexibility index (Phi) is 6.15. The maximum atomic E-state index is 12.3. The number of benzene rings is 2. The van der Waals surface area contributed by atoms with Gasteiger partial charge in [-0.25, -0.2) is 4.98 Å². The molecule has 0 atom stereocenters. The molecule has 9 heteroatoms. The number of aryl methyl sites for hydroxylation is 1. The molecule has 0 saturated carbocycles. The van der Waals surface area contributed by atoms with Crippen LogP contribution >= 0.6 is 11.9 Å². The third-order valence-corrected chi connectivity index (χ3v) is 4.53. The van der Waals surface area contributed by atoms with Crippen molar-refractivity contribution < 1.29 is 17.9 Å².